The Labute approximate surface area is 141 Å². The van der Waals surface area contributed by atoms with Crippen LogP contribution >= 0.6 is 11.3 Å². The molecule has 2 rings (SSSR count). The van der Waals surface area contributed by atoms with Crippen molar-refractivity contribution in [2.45, 2.75) is 33.1 Å². The van der Waals surface area contributed by atoms with Gasteiger partial charge in [-0.2, -0.15) is 0 Å². The molecule has 0 aliphatic heterocycles. The van der Waals surface area contributed by atoms with Crippen LogP contribution in [0.4, 0.5) is 0 Å². The van der Waals surface area contributed by atoms with E-state index in [0.717, 1.165) is 35.5 Å². The van der Waals surface area contributed by atoms with Crippen LogP contribution in [-0.4, -0.2) is 29.1 Å². The number of amides is 1. The van der Waals surface area contributed by atoms with Crippen molar-refractivity contribution >= 4 is 17.2 Å². The van der Waals surface area contributed by atoms with Crippen molar-refractivity contribution in [3.05, 3.63) is 40.2 Å². The molecule has 124 valence electrons. The summed E-state index contributed by atoms with van der Waals surface area (Å²) in [5.74, 6) is 0.260. The van der Waals surface area contributed by atoms with Gasteiger partial charge in [-0.15, -0.1) is 11.3 Å². The number of hydrogen-bond donors (Lipinski definition) is 2. The third-order valence-electron chi connectivity index (χ3n) is 3.83. The summed E-state index contributed by atoms with van der Waals surface area (Å²) in [4.78, 5) is 16.8. The Morgan fingerprint density at radius 1 is 1.39 bits per heavy atom. The number of hydrogen-bond acceptors (Lipinski definition) is 4. The molecular weight excluding hydrogens is 308 g/mol. The molecule has 0 bridgehead atoms. The molecule has 5 heteroatoms. The molecule has 0 radical (unpaired) electrons. The highest BCUT2D eigenvalue weighted by molar-refractivity contribution is 7.09. The van der Waals surface area contributed by atoms with E-state index in [0.29, 0.717) is 18.0 Å². The second-order valence-corrected chi connectivity index (χ2v) is 6.77. The van der Waals surface area contributed by atoms with Gasteiger partial charge in [0, 0.05) is 29.7 Å². The van der Waals surface area contributed by atoms with Crippen molar-refractivity contribution in [2.24, 2.45) is 5.92 Å². The van der Waals surface area contributed by atoms with Gasteiger partial charge in [-0.3, -0.25) is 4.79 Å². The predicted octanol–water partition coefficient (Wildman–Crippen LogP) is 3.65. The normalized spacial score (nSPS) is 12.1. The first-order valence-electron chi connectivity index (χ1n) is 8.05. The Bertz CT molecular complexity index is 633. The zero-order chi connectivity index (χ0) is 16.7. The third-order valence-corrected chi connectivity index (χ3v) is 4.60. The number of benzene rings is 1. The van der Waals surface area contributed by atoms with Gasteiger partial charge in [-0.25, -0.2) is 4.98 Å². The highest BCUT2D eigenvalue weighted by Crippen LogP contribution is 2.22. The Morgan fingerprint density at radius 3 is 2.87 bits per heavy atom. The van der Waals surface area contributed by atoms with Gasteiger partial charge in [0.1, 0.15) is 0 Å². The van der Waals surface area contributed by atoms with E-state index < -0.39 is 0 Å². The minimum atomic E-state index is -0.0714. The quantitative estimate of drug-likeness (QED) is 0.775. The minimum absolute atomic E-state index is 0.0714. The van der Waals surface area contributed by atoms with Crippen molar-refractivity contribution in [3.8, 4) is 11.3 Å². The fraction of sp³-hybridized carbons (Fsp3) is 0.444. The highest BCUT2D eigenvalue weighted by atomic mass is 32.1. The summed E-state index contributed by atoms with van der Waals surface area (Å²) < 4.78 is 0. The van der Waals surface area contributed by atoms with Crippen molar-refractivity contribution < 1.29 is 9.90 Å². The summed E-state index contributed by atoms with van der Waals surface area (Å²) in [7, 11) is 0. The summed E-state index contributed by atoms with van der Waals surface area (Å²) in [6.45, 7) is 4.86. The van der Waals surface area contributed by atoms with Gasteiger partial charge >= 0.3 is 0 Å². The molecule has 1 amide bonds. The number of carbonyl (C=O) groups is 1. The topological polar surface area (TPSA) is 62.2 Å². The maximum atomic E-state index is 12.4. The van der Waals surface area contributed by atoms with Gasteiger partial charge < -0.3 is 10.4 Å². The van der Waals surface area contributed by atoms with Gasteiger partial charge in [0.25, 0.3) is 5.91 Å². The molecule has 0 spiro atoms. The van der Waals surface area contributed by atoms with E-state index in [-0.39, 0.29) is 12.5 Å². The molecule has 1 aromatic heterocycles. The summed E-state index contributed by atoms with van der Waals surface area (Å²) in [5, 5.41) is 15.1. The van der Waals surface area contributed by atoms with E-state index >= 15 is 0 Å². The number of aliphatic hydroxyl groups is 1. The van der Waals surface area contributed by atoms with Crippen LogP contribution in [0.15, 0.2) is 29.6 Å². The molecule has 0 saturated heterocycles. The molecule has 0 fully saturated rings. The number of nitrogens with one attached hydrogen (secondary N) is 1. The van der Waals surface area contributed by atoms with E-state index in [1.807, 2.05) is 36.6 Å². The van der Waals surface area contributed by atoms with Crippen LogP contribution in [0.3, 0.4) is 0 Å². The molecule has 0 aliphatic rings. The monoisotopic (exact) mass is 332 g/mol. The molecular formula is C18H24N2O2S. The predicted molar refractivity (Wildman–Crippen MR) is 94.7 cm³/mol. The average Bonchev–Trinajstić information content (AvgIpc) is 2.99. The first-order chi connectivity index (χ1) is 11.1. The molecule has 1 aromatic carbocycles. The molecule has 23 heavy (non-hydrogen) atoms. The number of aliphatic hydroxyl groups excluding tert-OH is 1. The van der Waals surface area contributed by atoms with Gasteiger partial charge in [0.05, 0.1) is 10.7 Å². The van der Waals surface area contributed by atoms with Crippen LogP contribution in [0.25, 0.3) is 11.3 Å². The molecule has 2 N–H and O–H groups in total. The lowest BCUT2D eigenvalue weighted by Crippen LogP contribution is -2.29. The lowest BCUT2D eigenvalue weighted by atomic mass is 10.00. The van der Waals surface area contributed by atoms with Crippen LogP contribution in [0.1, 0.15) is 41.6 Å². The Hall–Kier alpha value is -1.72. The smallest absolute Gasteiger partial charge is 0.251 e. The number of carbonyl (C=O) groups excluding carboxylic acids is 1. The van der Waals surface area contributed by atoms with Crippen LogP contribution in [0.5, 0.6) is 0 Å². The Kier molecular flexibility index (Phi) is 6.74. The van der Waals surface area contributed by atoms with Crippen LogP contribution < -0.4 is 5.32 Å². The summed E-state index contributed by atoms with van der Waals surface area (Å²) >= 11 is 1.60. The summed E-state index contributed by atoms with van der Waals surface area (Å²) in [5.41, 5.74) is 2.51. The van der Waals surface area contributed by atoms with Crippen LogP contribution in [0.2, 0.25) is 0 Å². The molecule has 2 aromatic rings. The van der Waals surface area contributed by atoms with Crippen LogP contribution in [0, 0.1) is 12.8 Å². The lowest BCUT2D eigenvalue weighted by Gasteiger charge is -2.15. The van der Waals surface area contributed by atoms with Gasteiger partial charge in [-0.05, 0) is 37.8 Å². The lowest BCUT2D eigenvalue weighted by molar-refractivity contribution is 0.0943. The number of aromatic nitrogens is 1. The standard InChI is InChI=1S/C18H24N2O2S/c1-3-5-14(8-9-21)11-19-18(22)16-7-4-6-15(10-16)17-12-23-13(2)20-17/h4,6-7,10,12,14,21H,3,5,8-9,11H2,1-2H3,(H,19,22). The number of aryl methyl sites for hydroxylation is 1. The van der Waals surface area contributed by atoms with Crippen molar-refractivity contribution in [1.29, 1.82) is 0 Å². The second kappa shape index (κ2) is 8.79. The minimum Gasteiger partial charge on any atom is -0.396 e. The van der Waals surface area contributed by atoms with E-state index in [1.54, 1.807) is 11.3 Å². The third kappa shape index (κ3) is 5.15. The summed E-state index contributed by atoms with van der Waals surface area (Å²) in [6.07, 6.45) is 2.80. The number of rotatable bonds is 8. The van der Waals surface area contributed by atoms with Crippen molar-refractivity contribution in [1.82, 2.24) is 10.3 Å². The highest BCUT2D eigenvalue weighted by Gasteiger charge is 2.12. The number of nitrogens with zero attached hydrogens (tertiary/aromatic N) is 1. The zero-order valence-electron chi connectivity index (χ0n) is 13.7. The average molecular weight is 332 g/mol. The maximum Gasteiger partial charge on any atom is 0.251 e. The first kappa shape index (κ1) is 17.6. The van der Waals surface area contributed by atoms with E-state index in [1.165, 1.54) is 0 Å². The Balaban J connectivity index is 2.02. The molecule has 4 nitrogen and oxygen atoms in total. The molecule has 1 heterocycles. The largest absolute Gasteiger partial charge is 0.396 e. The fourth-order valence-corrected chi connectivity index (χ4v) is 3.22. The van der Waals surface area contributed by atoms with E-state index in [4.69, 9.17) is 5.11 Å². The molecule has 1 unspecified atom stereocenters. The van der Waals surface area contributed by atoms with Gasteiger partial charge in [0.2, 0.25) is 0 Å². The second-order valence-electron chi connectivity index (χ2n) is 5.71. The van der Waals surface area contributed by atoms with Gasteiger partial charge in [-0.1, -0.05) is 25.5 Å². The van der Waals surface area contributed by atoms with Crippen molar-refractivity contribution in [3.63, 3.8) is 0 Å². The number of thiazole rings is 1. The van der Waals surface area contributed by atoms with E-state index in [9.17, 15) is 4.79 Å². The zero-order valence-corrected chi connectivity index (χ0v) is 14.5. The molecule has 1 atom stereocenters. The SMILES string of the molecule is CCCC(CCO)CNC(=O)c1cccc(-c2csc(C)n2)c1. The van der Waals surface area contributed by atoms with Crippen molar-refractivity contribution in [2.75, 3.05) is 13.2 Å². The summed E-state index contributed by atoms with van der Waals surface area (Å²) in [6, 6.07) is 7.55. The molecule has 0 saturated carbocycles. The first-order valence-corrected chi connectivity index (χ1v) is 8.93. The van der Waals surface area contributed by atoms with Crippen LogP contribution in [-0.2, 0) is 0 Å². The fourth-order valence-electron chi connectivity index (χ4n) is 2.59. The molecule has 0 aliphatic carbocycles. The van der Waals surface area contributed by atoms with E-state index in [2.05, 4.69) is 17.2 Å². The Morgan fingerprint density at radius 2 is 2.22 bits per heavy atom. The van der Waals surface area contributed by atoms with Gasteiger partial charge in [0.15, 0.2) is 0 Å². The maximum absolute atomic E-state index is 12.4.